The zero-order chi connectivity index (χ0) is 10.2. The summed E-state index contributed by atoms with van der Waals surface area (Å²) in [7, 11) is 0. The highest BCUT2D eigenvalue weighted by molar-refractivity contribution is 5.80. The topological polar surface area (TPSA) is 55.6 Å². The van der Waals surface area contributed by atoms with Crippen molar-refractivity contribution >= 4 is 5.91 Å². The third-order valence-electron chi connectivity index (χ3n) is 2.93. The summed E-state index contributed by atoms with van der Waals surface area (Å²) in [5.74, 6) is 0.312. The van der Waals surface area contributed by atoms with Gasteiger partial charge < -0.3 is 15.4 Å². The van der Waals surface area contributed by atoms with Gasteiger partial charge in [-0.15, -0.1) is 0 Å². The molecule has 0 aromatic heterocycles. The van der Waals surface area contributed by atoms with Crippen molar-refractivity contribution in [2.75, 3.05) is 26.3 Å². The van der Waals surface area contributed by atoms with Gasteiger partial charge in [-0.25, -0.2) is 0 Å². The number of ether oxygens (including phenoxy) is 1. The van der Waals surface area contributed by atoms with Crippen molar-refractivity contribution in [2.24, 2.45) is 11.7 Å². The highest BCUT2D eigenvalue weighted by atomic mass is 16.5. The summed E-state index contributed by atoms with van der Waals surface area (Å²) in [4.78, 5) is 13.7. The Morgan fingerprint density at radius 3 is 2.79 bits per heavy atom. The van der Waals surface area contributed by atoms with E-state index in [1.807, 2.05) is 11.8 Å². The molecule has 4 heteroatoms. The summed E-state index contributed by atoms with van der Waals surface area (Å²) in [6.45, 7) is 4.77. The number of nitrogens with zero attached hydrogens (tertiary/aromatic N) is 1. The molecular weight excluding hydrogens is 180 g/mol. The first-order valence-electron chi connectivity index (χ1n) is 5.24. The Hall–Kier alpha value is -0.610. The predicted molar refractivity (Wildman–Crippen MR) is 52.7 cm³/mol. The number of carbonyl (C=O) groups excluding carboxylic acids is 1. The van der Waals surface area contributed by atoms with Crippen LogP contribution in [-0.2, 0) is 9.53 Å². The molecule has 1 unspecified atom stereocenters. The van der Waals surface area contributed by atoms with Crippen LogP contribution >= 0.6 is 0 Å². The Balaban J connectivity index is 1.84. The maximum atomic E-state index is 11.9. The van der Waals surface area contributed by atoms with Gasteiger partial charge in [-0.3, -0.25) is 4.79 Å². The fraction of sp³-hybridized carbons (Fsp3) is 0.900. The van der Waals surface area contributed by atoms with Crippen molar-refractivity contribution in [1.82, 2.24) is 4.90 Å². The first-order valence-corrected chi connectivity index (χ1v) is 5.24. The largest absolute Gasteiger partial charge is 0.381 e. The molecule has 2 aliphatic heterocycles. The van der Waals surface area contributed by atoms with Crippen LogP contribution < -0.4 is 5.73 Å². The average molecular weight is 198 g/mol. The van der Waals surface area contributed by atoms with E-state index in [-0.39, 0.29) is 17.4 Å². The first-order chi connectivity index (χ1) is 6.58. The van der Waals surface area contributed by atoms with Crippen molar-refractivity contribution in [2.45, 2.75) is 25.3 Å². The van der Waals surface area contributed by atoms with E-state index in [9.17, 15) is 4.79 Å². The second kappa shape index (κ2) is 3.51. The molecule has 4 nitrogen and oxygen atoms in total. The maximum Gasteiger partial charge on any atom is 0.228 e. The maximum absolute atomic E-state index is 11.9. The molecule has 2 fully saturated rings. The Labute approximate surface area is 84.4 Å². The summed E-state index contributed by atoms with van der Waals surface area (Å²) < 4.78 is 5.30. The minimum atomic E-state index is -0.162. The Morgan fingerprint density at radius 2 is 2.29 bits per heavy atom. The van der Waals surface area contributed by atoms with E-state index in [1.165, 1.54) is 0 Å². The molecule has 1 atom stereocenters. The quantitative estimate of drug-likeness (QED) is 0.644. The Morgan fingerprint density at radius 1 is 1.57 bits per heavy atom. The number of likely N-dealkylation sites (tertiary alicyclic amines) is 1. The Bertz CT molecular complexity index is 226. The van der Waals surface area contributed by atoms with Crippen LogP contribution in [0.4, 0.5) is 0 Å². The minimum absolute atomic E-state index is 0.0832. The van der Waals surface area contributed by atoms with Crippen LogP contribution in [0.5, 0.6) is 0 Å². The molecule has 2 heterocycles. The summed E-state index contributed by atoms with van der Waals surface area (Å²) in [6, 6.07) is 0. The number of carbonyl (C=O) groups is 1. The van der Waals surface area contributed by atoms with E-state index in [4.69, 9.17) is 10.5 Å². The molecule has 2 aliphatic rings. The van der Waals surface area contributed by atoms with Gasteiger partial charge in [-0.05, 0) is 19.8 Å². The van der Waals surface area contributed by atoms with Crippen LogP contribution in [0.15, 0.2) is 0 Å². The third-order valence-corrected chi connectivity index (χ3v) is 2.93. The molecule has 0 aromatic carbocycles. The van der Waals surface area contributed by atoms with Crippen LogP contribution in [0.3, 0.4) is 0 Å². The lowest BCUT2D eigenvalue weighted by molar-refractivity contribution is -0.146. The highest BCUT2D eigenvalue weighted by Crippen LogP contribution is 2.23. The van der Waals surface area contributed by atoms with E-state index < -0.39 is 0 Å². The molecule has 0 aliphatic carbocycles. The minimum Gasteiger partial charge on any atom is -0.381 e. The predicted octanol–water partition coefficient (Wildman–Crippen LogP) is -0.0274. The van der Waals surface area contributed by atoms with E-state index in [1.54, 1.807) is 0 Å². The zero-order valence-corrected chi connectivity index (χ0v) is 8.66. The van der Waals surface area contributed by atoms with Gasteiger partial charge in [0.25, 0.3) is 0 Å². The van der Waals surface area contributed by atoms with E-state index in [0.717, 1.165) is 19.4 Å². The molecule has 14 heavy (non-hydrogen) atoms. The van der Waals surface area contributed by atoms with Gasteiger partial charge >= 0.3 is 0 Å². The SMILES string of the molecule is CC1(N)CN(C(=O)C2CCCOC2)C1. The lowest BCUT2D eigenvalue weighted by Crippen LogP contribution is -2.67. The molecule has 0 spiro atoms. The van der Waals surface area contributed by atoms with E-state index in [0.29, 0.717) is 19.7 Å². The fourth-order valence-electron chi connectivity index (χ4n) is 2.18. The first kappa shape index (κ1) is 9.93. The van der Waals surface area contributed by atoms with Crippen molar-refractivity contribution in [3.8, 4) is 0 Å². The van der Waals surface area contributed by atoms with Gasteiger partial charge in [0, 0.05) is 25.2 Å². The molecule has 0 saturated carbocycles. The molecule has 0 bridgehead atoms. The normalized spacial score (nSPS) is 31.0. The molecule has 80 valence electrons. The molecule has 1 amide bonds. The third kappa shape index (κ3) is 1.91. The molecule has 2 saturated heterocycles. The van der Waals surface area contributed by atoms with Crippen molar-refractivity contribution in [3.05, 3.63) is 0 Å². The van der Waals surface area contributed by atoms with Crippen LogP contribution in [0.25, 0.3) is 0 Å². The van der Waals surface area contributed by atoms with Crippen LogP contribution in [0.2, 0.25) is 0 Å². The van der Waals surface area contributed by atoms with Crippen molar-refractivity contribution < 1.29 is 9.53 Å². The monoisotopic (exact) mass is 198 g/mol. The summed E-state index contributed by atoms with van der Waals surface area (Å²) in [5.41, 5.74) is 5.69. The van der Waals surface area contributed by atoms with Crippen LogP contribution in [0.1, 0.15) is 19.8 Å². The Kier molecular flexibility index (Phi) is 2.49. The number of amides is 1. The highest BCUT2D eigenvalue weighted by Gasteiger charge is 2.40. The van der Waals surface area contributed by atoms with Gasteiger partial charge in [0.2, 0.25) is 5.91 Å². The smallest absolute Gasteiger partial charge is 0.228 e. The lowest BCUT2D eigenvalue weighted by Gasteiger charge is -2.46. The lowest BCUT2D eigenvalue weighted by atomic mass is 9.90. The standard InChI is InChI=1S/C10H18N2O2/c1-10(11)6-12(7-10)9(13)8-3-2-4-14-5-8/h8H,2-7,11H2,1H3. The van der Waals surface area contributed by atoms with Gasteiger partial charge in [0.05, 0.1) is 12.5 Å². The van der Waals surface area contributed by atoms with Gasteiger partial charge in [-0.2, -0.15) is 0 Å². The fourth-order valence-corrected chi connectivity index (χ4v) is 2.18. The van der Waals surface area contributed by atoms with Gasteiger partial charge in [0.1, 0.15) is 0 Å². The second-order valence-electron chi connectivity index (χ2n) is 4.76. The zero-order valence-electron chi connectivity index (χ0n) is 8.66. The van der Waals surface area contributed by atoms with Gasteiger partial charge in [0.15, 0.2) is 0 Å². The number of hydrogen-bond acceptors (Lipinski definition) is 3. The molecule has 0 aromatic rings. The second-order valence-corrected chi connectivity index (χ2v) is 4.76. The average Bonchev–Trinajstić information content (AvgIpc) is 2.14. The van der Waals surface area contributed by atoms with Crippen LogP contribution in [-0.4, -0.2) is 42.6 Å². The summed E-state index contributed by atoms with van der Waals surface area (Å²) >= 11 is 0. The van der Waals surface area contributed by atoms with Crippen molar-refractivity contribution in [1.29, 1.82) is 0 Å². The number of hydrogen-bond donors (Lipinski definition) is 1. The van der Waals surface area contributed by atoms with Crippen LogP contribution in [0, 0.1) is 5.92 Å². The molecular formula is C10H18N2O2. The summed E-state index contributed by atoms with van der Waals surface area (Å²) in [5, 5.41) is 0. The van der Waals surface area contributed by atoms with E-state index in [2.05, 4.69) is 0 Å². The van der Waals surface area contributed by atoms with Gasteiger partial charge in [-0.1, -0.05) is 0 Å². The summed E-state index contributed by atoms with van der Waals surface area (Å²) in [6.07, 6.45) is 1.97. The molecule has 2 rings (SSSR count). The number of nitrogens with two attached hydrogens (primary N) is 1. The molecule has 0 radical (unpaired) electrons. The number of rotatable bonds is 1. The van der Waals surface area contributed by atoms with E-state index >= 15 is 0 Å². The molecule has 2 N–H and O–H groups in total. The van der Waals surface area contributed by atoms with Crippen molar-refractivity contribution in [3.63, 3.8) is 0 Å².